The Balaban J connectivity index is 2.06. The maximum Gasteiger partial charge on any atom is 0.269 e. The number of carbonyl (C=O) groups is 3. The van der Waals surface area contributed by atoms with Crippen molar-refractivity contribution in [3.63, 3.8) is 0 Å². The molecule has 3 rings (SSSR count). The second-order valence-electron chi connectivity index (χ2n) is 7.09. The highest BCUT2D eigenvalue weighted by Gasteiger charge is 2.32. The summed E-state index contributed by atoms with van der Waals surface area (Å²) in [5.41, 5.74) is 1.79. The maximum atomic E-state index is 12.3. The largest absolute Gasteiger partial charge is 0.354 e. The molecule has 0 aliphatic carbocycles. The molecule has 9 nitrogen and oxygen atoms in total. The van der Waals surface area contributed by atoms with E-state index in [0.29, 0.717) is 42.4 Å². The van der Waals surface area contributed by atoms with Crippen molar-refractivity contribution in [1.29, 1.82) is 0 Å². The summed E-state index contributed by atoms with van der Waals surface area (Å²) in [6.07, 6.45) is 1.26. The number of nitrogens with zero attached hydrogens (tertiary/aromatic N) is 5. The van der Waals surface area contributed by atoms with Gasteiger partial charge in [-0.1, -0.05) is 18.2 Å². The molecule has 0 spiro atoms. The summed E-state index contributed by atoms with van der Waals surface area (Å²) in [6.45, 7) is 7.83. The highest BCUT2D eigenvalue weighted by atomic mass is 35.5. The van der Waals surface area contributed by atoms with Crippen LogP contribution in [0.1, 0.15) is 34.8 Å². The molecule has 2 aromatic heterocycles. The molecule has 2 aromatic rings. The molecule has 3 heterocycles. The Bertz CT molecular complexity index is 1060. The molecule has 31 heavy (non-hydrogen) atoms. The van der Waals surface area contributed by atoms with Gasteiger partial charge in [0, 0.05) is 33.6 Å². The standard InChI is InChI=1S/C21H23ClN6O3/c1-5-20(30)27-6-7-28(13(3)29)18(11-27)14-8-15(26-19(22)9-14)16-10-17(21(31)23-4)25-12(2)24-16/h5,8-10,18H,1,6-7,11H2,2-4H3,(H,23,31)/t18-/m1/s1. The number of aryl methyl sites for hydroxylation is 1. The molecular formula is C21H23ClN6O3. The highest BCUT2D eigenvalue weighted by Crippen LogP contribution is 2.30. The van der Waals surface area contributed by atoms with Crippen LogP contribution in [0, 0.1) is 6.92 Å². The first-order chi connectivity index (χ1) is 14.7. The van der Waals surface area contributed by atoms with E-state index in [1.165, 1.54) is 26.1 Å². The van der Waals surface area contributed by atoms with Gasteiger partial charge in [0.15, 0.2) is 0 Å². The Labute approximate surface area is 185 Å². The van der Waals surface area contributed by atoms with E-state index < -0.39 is 6.04 Å². The summed E-state index contributed by atoms with van der Waals surface area (Å²) < 4.78 is 0. The second-order valence-corrected chi connectivity index (χ2v) is 7.48. The van der Waals surface area contributed by atoms with Crippen LogP contribution in [0.2, 0.25) is 5.15 Å². The minimum absolute atomic E-state index is 0.107. The van der Waals surface area contributed by atoms with Gasteiger partial charge in [0.1, 0.15) is 16.7 Å². The molecule has 0 saturated carbocycles. The van der Waals surface area contributed by atoms with Crippen molar-refractivity contribution in [3.05, 3.63) is 53.1 Å². The Hall–Kier alpha value is -3.33. The molecule has 1 aliphatic heterocycles. The number of nitrogens with one attached hydrogen (secondary N) is 1. The summed E-state index contributed by atoms with van der Waals surface area (Å²) in [6, 6.07) is 4.56. The lowest BCUT2D eigenvalue weighted by atomic mass is 10.0. The Morgan fingerprint density at radius 3 is 2.52 bits per heavy atom. The number of piperazine rings is 1. The molecule has 0 aromatic carbocycles. The van der Waals surface area contributed by atoms with Crippen molar-refractivity contribution in [2.24, 2.45) is 0 Å². The molecule has 1 saturated heterocycles. The number of rotatable bonds is 4. The third-order valence-corrected chi connectivity index (χ3v) is 5.23. The van der Waals surface area contributed by atoms with E-state index in [9.17, 15) is 14.4 Å². The van der Waals surface area contributed by atoms with Crippen LogP contribution < -0.4 is 5.32 Å². The number of pyridine rings is 1. The lowest BCUT2D eigenvalue weighted by molar-refractivity contribution is -0.139. The lowest BCUT2D eigenvalue weighted by Crippen LogP contribution is -2.51. The van der Waals surface area contributed by atoms with Crippen molar-refractivity contribution < 1.29 is 14.4 Å². The number of hydrogen-bond acceptors (Lipinski definition) is 6. The molecule has 3 amide bonds. The molecule has 1 N–H and O–H groups in total. The van der Waals surface area contributed by atoms with Crippen LogP contribution >= 0.6 is 11.6 Å². The van der Waals surface area contributed by atoms with Crippen molar-refractivity contribution in [3.8, 4) is 11.4 Å². The van der Waals surface area contributed by atoms with Crippen molar-refractivity contribution >= 4 is 29.3 Å². The van der Waals surface area contributed by atoms with E-state index in [0.717, 1.165) is 0 Å². The molecule has 10 heteroatoms. The first-order valence-electron chi connectivity index (χ1n) is 9.67. The predicted octanol–water partition coefficient (Wildman–Crippen LogP) is 1.78. The molecular weight excluding hydrogens is 420 g/mol. The van der Waals surface area contributed by atoms with Gasteiger partial charge in [-0.15, -0.1) is 0 Å². The highest BCUT2D eigenvalue weighted by molar-refractivity contribution is 6.29. The molecule has 1 fully saturated rings. The smallest absolute Gasteiger partial charge is 0.269 e. The number of hydrogen-bond donors (Lipinski definition) is 1. The van der Waals surface area contributed by atoms with E-state index in [4.69, 9.17) is 11.6 Å². The molecule has 0 bridgehead atoms. The fraction of sp³-hybridized carbons (Fsp3) is 0.333. The number of amides is 3. The predicted molar refractivity (Wildman–Crippen MR) is 115 cm³/mol. The average Bonchev–Trinajstić information content (AvgIpc) is 2.76. The Morgan fingerprint density at radius 2 is 1.87 bits per heavy atom. The molecule has 0 radical (unpaired) electrons. The van der Waals surface area contributed by atoms with E-state index in [2.05, 4.69) is 26.8 Å². The van der Waals surface area contributed by atoms with Crippen LogP contribution in [0.15, 0.2) is 30.9 Å². The minimum atomic E-state index is -0.407. The monoisotopic (exact) mass is 442 g/mol. The normalized spacial score (nSPS) is 16.1. The molecule has 1 aliphatic rings. The van der Waals surface area contributed by atoms with E-state index >= 15 is 0 Å². The lowest BCUT2D eigenvalue weighted by Gasteiger charge is -2.41. The van der Waals surface area contributed by atoms with Crippen molar-refractivity contribution in [2.45, 2.75) is 19.9 Å². The Morgan fingerprint density at radius 1 is 1.16 bits per heavy atom. The fourth-order valence-corrected chi connectivity index (χ4v) is 3.78. The summed E-state index contributed by atoms with van der Waals surface area (Å²) in [7, 11) is 1.52. The van der Waals surface area contributed by atoms with Gasteiger partial charge in [0.2, 0.25) is 11.8 Å². The van der Waals surface area contributed by atoms with Crippen LogP contribution in [-0.2, 0) is 9.59 Å². The SMILES string of the molecule is C=CC(=O)N1CCN(C(C)=O)[C@@H](c2cc(Cl)nc(-c3cc(C(=O)NC)nc(C)n3)c2)C1. The Kier molecular flexibility index (Phi) is 6.65. The third kappa shape index (κ3) is 4.88. The maximum absolute atomic E-state index is 12.3. The topological polar surface area (TPSA) is 108 Å². The quantitative estimate of drug-likeness (QED) is 0.571. The van der Waals surface area contributed by atoms with E-state index in [1.807, 2.05) is 0 Å². The molecule has 1 atom stereocenters. The van der Waals surface area contributed by atoms with Crippen LogP contribution in [0.25, 0.3) is 11.4 Å². The van der Waals surface area contributed by atoms with Gasteiger partial charge in [-0.3, -0.25) is 14.4 Å². The van der Waals surface area contributed by atoms with Crippen LogP contribution in [0.4, 0.5) is 0 Å². The van der Waals surface area contributed by atoms with Gasteiger partial charge < -0.3 is 15.1 Å². The number of aromatic nitrogens is 3. The minimum Gasteiger partial charge on any atom is -0.354 e. The summed E-state index contributed by atoms with van der Waals surface area (Å²) in [4.78, 5) is 52.7. The van der Waals surface area contributed by atoms with Gasteiger partial charge in [0.05, 0.1) is 17.4 Å². The third-order valence-electron chi connectivity index (χ3n) is 5.03. The second kappa shape index (κ2) is 9.22. The summed E-state index contributed by atoms with van der Waals surface area (Å²) in [5, 5.41) is 2.74. The zero-order valence-electron chi connectivity index (χ0n) is 17.6. The number of carbonyl (C=O) groups excluding carboxylic acids is 3. The van der Waals surface area contributed by atoms with Crippen LogP contribution in [0.5, 0.6) is 0 Å². The summed E-state index contributed by atoms with van der Waals surface area (Å²) in [5.74, 6) is -0.243. The zero-order valence-corrected chi connectivity index (χ0v) is 18.3. The zero-order chi connectivity index (χ0) is 22.7. The first-order valence-corrected chi connectivity index (χ1v) is 10.1. The van der Waals surface area contributed by atoms with E-state index in [-0.39, 0.29) is 28.6 Å². The van der Waals surface area contributed by atoms with Crippen molar-refractivity contribution in [1.82, 2.24) is 30.1 Å². The fourth-order valence-electron chi connectivity index (χ4n) is 3.56. The van der Waals surface area contributed by atoms with E-state index in [1.54, 1.807) is 28.9 Å². The molecule has 162 valence electrons. The average molecular weight is 443 g/mol. The number of halogens is 1. The van der Waals surface area contributed by atoms with Crippen LogP contribution in [-0.4, -0.2) is 69.2 Å². The molecule has 0 unspecified atom stereocenters. The van der Waals surface area contributed by atoms with Crippen LogP contribution in [0.3, 0.4) is 0 Å². The van der Waals surface area contributed by atoms with Gasteiger partial charge in [-0.2, -0.15) is 0 Å². The van der Waals surface area contributed by atoms with Crippen molar-refractivity contribution in [2.75, 3.05) is 26.7 Å². The van der Waals surface area contributed by atoms with Gasteiger partial charge in [-0.05, 0) is 36.8 Å². The first kappa shape index (κ1) is 22.4. The van der Waals surface area contributed by atoms with Gasteiger partial charge in [-0.25, -0.2) is 15.0 Å². The summed E-state index contributed by atoms with van der Waals surface area (Å²) >= 11 is 6.31. The van der Waals surface area contributed by atoms with Gasteiger partial charge in [0.25, 0.3) is 5.91 Å². The van der Waals surface area contributed by atoms with Gasteiger partial charge >= 0.3 is 0 Å².